The van der Waals surface area contributed by atoms with Gasteiger partial charge in [-0.2, -0.15) is 0 Å². The summed E-state index contributed by atoms with van der Waals surface area (Å²) in [5.74, 6) is -0.827. The van der Waals surface area contributed by atoms with Crippen LogP contribution >= 0.6 is 0 Å². The van der Waals surface area contributed by atoms with Crippen molar-refractivity contribution in [3.05, 3.63) is 0 Å². The zero-order valence-electron chi connectivity index (χ0n) is 12.4. The second-order valence-electron chi connectivity index (χ2n) is 5.80. The fourth-order valence-corrected chi connectivity index (χ4v) is 1.46. The minimum absolute atomic E-state index is 0.0244. The summed E-state index contributed by atoms with van der Waals surface area (Å²) < 4.78 is 5.08. The Morgan fingerprint density at radius 1 is 1.21 bits per heavy atom. The maximum absolute atomic E-state index is 11.3. The van der Waals surface area contributed by atoms with Gasteiger partial charge >= 0.3 is 12.1 Å². The summed E-state index contributed by atoms with van der Waals surface area (Å²) in [5, 5.41) is 14.5. The summed E-state index contributed by atoms with van der Waals surface area (Å²) in [6.07, 6.45) is 0.196. The van der Waals surface area contributed by atoms with Crippen molar-refractivity contribution in [3.8, 4) is 0 Å². The van der Waals surface area contributed by atoms with Crippen LogP contribution in [0.25, 0.3) is 0 Å². The lowest BCUT2D eigenvalue weighted by Gasteiger charge is -2.20. The van der Waals surface area contributed by atoms with Gasteiger partial charge < -0.3 is 20.5 Å². The van der Waals surface area contributed by atoms with Crippen LogP contribution < -0.4 is 10.6 Å². The number of carboxylic acid groups (broad SMARTS) is 1. The lowest BCUT2D eigenvalue weighted by atomic mass is 10.0. The van der Waals surface area contributed by atoms with E-state index in [1.54, 1.807) is 20.8 Å². The van der Waals surface area contributed by atoms with Gasteiger partial charge in [-0.05, 0) is 39.7 Å². The number of hydrogen-bond donors (Lipinski definition) is 3. The third-order valence-corrected chi connectivity index (χ3v) is 2.32. The maximum atomic E-state index is 11.3. The summed E-state index contributed by atoms with van der Waals surface area (Å²) >= 11 is 0. The van der Waals surface area contributed by atoms with Crippen molar-refractivity contribution in [1.29, 1.82) is 0 Å². The monoisotopic (exact) mass is 274 g/mol. The highest BCUT2D eigenvalue weighted by Gasteiger charge is 2.20. The van der Waals surface area contributed by atoms with Crippen molar-refractivity contribution in [1.82, 2.24) is 10.6 Å². The van der Waals surface area contributed by atoms with Crippen molar-refractivity contribution >= 4 is 12.1 Å². The highest BCUT2D eigenvalue weighted by Crippen LogP contribution is 2.06. The topological polar surface area (TPSA) is 87.7 Å². The standard InChI is InChI=1S/C13H26N2O4/c1-9(2)10(11(16)17)14-7-6-8-15-12(18)19-13(3,4)5/h9-10,14H,6-8H2,1-5H3,(H,15,18)(H,16,17). The van der Waals surface area contributed by atoms with E-state index in [9.17, 15) is 9.59 Å². The second kappa shape index (κ2) is 7.99. The van der Waals surface area contributed by atoms with E-state index in [0.717, 1.165) is 0 Å². The van der Waals surface area contributed by atoms with Gasteiger partial charge in [-0.3, -0.25) is 4.79 Å². The molecule has 1 unspecified atom stereocenters. The number of amides is 1. The van der Waals surface area contributed by atoms with Crippen molar-refractivity contribution in [2.45, 2.75) is 52.7 Å². The molecule has 0 aliphatic heterocycles. The molecular weight excluding hydrogens is 248 g/mol. The van der Waals surface area contributed by atoms with Gasteiger partial charge in [-0.25, -0.2) is 4.79 Å². The molecule has 6 nitrogen and oxygen atoms in total. The summed E-state index contributed by atoms with van der Waals surface area (Å²) in [5.41, 5.74) is -0.506. The number of ether oxygens (including phenoxy) is 1. The molecule has 0 spiro atoms. The fourth-order valence-electron chi connectivity index (χ4n) is 1.46. The largest absolute Gasteiger partial charge is 0.480 e. The van der Waals surface area contributed by atoms with Crippen LogP contribution in [0.2, 0.25) is 0 Å². The summed E-state index contributed by atoms with van der Waals surface area (Å²) in [7, 11) is 0. The molecule has 0 saturated heterocycles. The smallest absolute Gasteiger partial charge is 0.407 e. The average Bonchev–Trinajstić information content (AvgIpc) is 2.19. The van der Waals surface area contributed by atoms with Crippen LogP contribution in [0.4, 0.5) is 4.79 Å². The maximum Gasteiger partial charge on any atom is 0.407 e. The van der Waals surface area contributed by atoms with E-state index in [1.165, 1.54) is 0 Å². The van der Waals surface area contributed by atoms with Crippen LogP contribution in [0.3, 0.4) is 0 Å². The zero-order valence-corrected chi connectivity index (χ0v) is 12.4. The number of alkyl carbamates (subject to hydrolysis) is 1. The van der Waals surface area contributed by atoms with E-state index < -0.39 is 23.7 Å². The molecule has 0 heterocycles. The summed E-state index contributed by atoms with van der Waals surface area (Å²) in [6, 6.07) is -0.554. The van der Waals surface area contributed by atoms with Gasteiger partial charge in [0.05, 0.1) is 0 Å². The Labute approximate surface area is 114 Å². The third-order valence-electron chi connectivity index (χ3n) is 2.32. The van der Waals surface area contributed by atoms with Crippen molar-refractivity contribution in [2.75, 3.05) is 13.1 Å². The summed E-state index contributed by atoms with van der Waals surface area (Å²) in [6.45, 7) is 10.1. The normalized spacial score (nSPS) is 13.2. The molecule has 0 aromatic heterocycles. The summed E-state index contributed by atoms with van der Waals surface area (Å²) in [4.78, 5) is 22.2. The number of carboxylic acids is 1. The molecule has 112 valence electrons. The van der Waals surface area contributed by atoms with Gasteiger partial charge in [-0.15, -0.1) is 0 Å². The van der Waals surface area contributed by atoms with Crippen LogP contribution in [0.15, 0.2) is 0 Å². The SMILES string of the molecule is CC(C)C(NCCCNC(=O)OC(C)(C)C)C(=O)O. The molecule has 1 amide bonds. The Bertz CT molecular complexity index is 298. The van der Waals surface area contributed by atoms with E-state index in [4.69, 9.17) is 9.84 Å². The first-order chi connectivity index (χ1) is 8.63. The van der Waals surface area contributed by atoms with E-state index in [-0.39, 0.29) is 5.92 Å². The molecule has 0 aromatic rings. The Morgan fingerprint density at radius 3 is 2.21 bits per heavy atom. The molecule has 0 radical (unpaired) electrons. The number of carbonyl (C=O) groups is 2. The van der Waals surface area contributed by atoms with Gasteiger partial charge in [0.15, 0.2) is 0 Å². The fraction of sp³-hybridized carbons (Fsp3) is 0.846. The van der Waals surface area contributed by atoms with E-state index in [2.05, 4.69) is 10.6 Å². The first-order valence-electron chi connectivity index (χ1n) is 6.56. The van der Waals surface area contributed by atoms with Crippen LogP contribution in [0, 0.1) is 5.92 Å². The predicted molar refractivity (Wildman–Crippen MR) is 73.1 cm³/mol. The van der Waals surface area contributed by atoms with Crippen molar-refractivity contribution in [3.63, 3.8) is 0 Å². The Morgan fingerprint density at radius 2 is 1.79 bits per heavy atom. The van der Waals surface area contributed by atoms with Gasteiger partial charge in [0.1, 0.15) is 11.6 Å². The van der Waals surface area contributed by atoms with E-state index >= 15 is 0 Å². The average molecular weight is 274 g/mol. The number of nitrogens with one attached hydrogen (secondary N) is 2. The first kappa shape index (κ1) is 17.7. The Balaban J connectivity index is 3.76. The Hall–Kier alpha value is -1.30. The molecule has 0 aliphatic carbocycles. The highest BCUT2D eigenvalue weighted by molar-refractivity contribution is 5.73. The van der Waals surface area contributed by atoms with Crippen LogP contribution in [0.1, 0.15) is 41.0 Å². The van der Waals surface area contributed by atoms with Gasteiger partial charge in [0.2, 0.25) is 0 Å². The molecule has 0 fully saturated rings. The van der Waals surface area contributed by atoms with Gasteiger partial charge in [-0.1, -0.05) is 13.8 Å². The predicted octanol–water partition coefficient (Wildman–Crippen LogP) is 1.60. The molecule has 0 bridgehead atoms. The van der Waals surface area contributed by atoms with E-state index in [1.807, 2.05) is 13.8 Å². The molecule has 0 aliphatic rings. The quantitative estimate of drug-likeness (QED) is 0.614. The zero-order chi connectivity index (χ0) is 15.1. The molecule has 0 aromatic carbocycles. The van der Waals surface area contributed by atoms with E-state index in [0.29, 0.717) is 19.5 Å². The number of hydrogen-bond acceptors (Lipinski definition) is 4. The Kier molecular flexibility index (Phi) is 7.44. The molecule has 0 saturated carbocycles. The van der Waals surface area contributed by atoms with Crippen LogP contribution in [0.5, 0.6) is 0 Å². The molecule has 19 heavy (non-hydrogen) atoms. The van der Waals surface area contributed by atoms with Gasteiger partial charge in [0, 0.05) is 6.54 Å². The molecule has 6 heteroatoms. The van der Waals surface area contributed by atoms with Crippen LogP contribution in [-0.2, 0) is 9.53 Å². The van der Waals surface area contributed by atoms with Gasteiger partial charge in [0.25, 0.3) is 0 Å². The third kappa shape index (κ3) is 9.30. The first-order valence-corrected chi connectivity index (χ1v) is 6.56. The van der Waals surface area contributed by atoms with Crippen molar-refractivity contribution in [2.24, 2.45) is 5.92 Å². The van der Waals surface area contributed by atoms with Crippen LogP contribution in [-0.4, -0.2) is 41.9 Å². The lowest BCUT2D eigenvalue weighted by molar-refractivity contribution is -0.140. The number of aliphatic carboxylic acids is 1. The minimum atomic E-state index is -0.852. The number of rotatable bonds is 7. The van der Waals surface area contributed by atoms with Crippen molar-refractivity contribution < 1.29 is 19.4 Å². The molecule has 0 rings (SSSR count). The number of carbonyl (C=O) groups excluding carboxylic acids is 1. The molecule has 3 N–H and O–H groups in total. The minimum Gasteiger partial charge on any atom is -0.480 e. The molecular formula is C13H26N2O4. The highest BCUT2D eigenvalue weighted by atomic mass is 16.6. The molecule has 1 atom stereocenters. The second-order valence-corrected chi connectivity index (χ2v) is 5.80. The lowest BCUT2D eigenvalue weighted by Crippen LogP contribution is -2.42.